The first kappa shape index (κ1) is 19.4. The maximum absolute atomic E-state index is 6.03. The number of aromatic nitrogens is 2. The standard InChI is InChI=1S/C23H23N3O4/c1-27-17-6-8-18(9-7-17)29-12-13-30-22-4-3-11-26-15-20(25-23(22)26)16-5-10-21(28-2)19(24)14-16/h3-11,14-15H,12-13,24H2,1-2H3. The van der Waals surface area contributed by atoms with Gasteiger partial charge in [0.2, 0.25) is 0 Å². The molecule has 154 valence electrons. The highest BCUT2D eigenvalue weighted by Crippen LogP contribution is 2.29. The molecule has 0 saturated carbocycles. The highest BCUT2D eigenvalue weighted by molar-refractivity contribution is 5.71. The van der Waals surface area contributed by atoms with Gasteiger partial charge < -0.3 is 29.1 Å². The molecular weight excluding hydrogens is 382 g/mol. The van der Waals surface area contributed by atoms with E-state index < -0.39 is 0 Å². The molecule has 0 amide bonds. The van der Waals surface area contributed by atoms with Crippen molar-refractivity contribution in [2.75, 3.05) is 33.2 Å². The minimum absolute atomic E-state index is 0.392. The molecule has 2 N–H and O–H groups in total. The average molecular weight is 405 g/mol. The van der Waals surface area contributed by atoms with Gasteiger partial charge in [0.25, 0.3) is 0 Å². The Bertz CT molecular complexity index is 1140. The van der Waals surface area contributed by atoms with Crippen LogP contribution in [0.2, 0.25) is 0 Å². The molecule has 0 unspecified atom stereocenters. The number of nitrogens with zero attached hydrogens (tertiary/aromatic N) is 2. The topological polar surface area (TPSA) is 80.2 Å². The number of imidazole rings is 1. The van der Waals surface area contributed by atoms with Crippen molar-refractivity contribution in [1.29, 1.82) is 0 Å². The van der Waals surface area contributed by atoms with Crippen LogP contribution in [-0.2, 0) is 0 Å². The van der Waals surface area contributed by atoms with Gasteiger partial charge in [-0.3, -0.25) is 0 Å². The van der Waals surface area contributed by atoms with Crippen molar-refractivity contribution in [2.24, 2.45) is 0 Å². The summed E-state index contributed by atoms with van der Waals surface area (Å²) in [6.07, 6.45) is 3.87. The molecule has 4 aromatic rings. The third kappa shape index (κ3) is 4.10. The molecule has 0 aliphatic heterocycles. The highest BCUT2D eigenvalue weighted by atomic mass is 16.5. The second kappa shape index (κ2) is 8.65. The van der Waals surface area contributed by atoms with Crippen LogP contribution in [-0.4, -0.2) is 36.8 Å². The number of methoxy groups -OCH3 is 2. The van der Waals surface area contributed by atoms with E-state index in [-0.39, 0.29) is 0 Å². The molecular formula is C23H23N3O4. The quantitative estimate of drug-likeness (QED) is 0.352. The molecule has 30 heavy (non-hydrogen) atoms. The van der Waals surface area contributed by atoms with Crippen molar-refractivity contribution >= 4 is 11.3 Å². The first-order valence-corrected chi connectivity index (χ1v) is 9.49. The Balaban J connectivity index is 1.45. The van der Waals surface area contributed by atoms with E-state index in [1.165, 1.54) is 0 Å². The van der Waals surface area contributed by atoms with Gasteiger partial charge in [0.1, 0.15) is 30.5 Å². The minimum Gasteiger partial charge on any atom is -0.497 e. The summed E-state index contributed by atoms with van der Waals surface area (Å²) < 4.78 is 23.9. The minimum atomic E-state index is 0.392. The number of hydrogen-bond donors (Lipinski definition) is 1. The van der Waals surface area contributed by atoms with Gasteiger partial charge in [-0.1, -0.05) is 0 Å². The van der Waals surface area contributed by atoms with E-state index in [9.17, 15) is 0 Å². The third-order valence-corrected chi connectivity index (χ3v) is 4.64. The molecule has 2 aromatic carbocycles. The Morgan fingerprint density at radius 2 is 1.63 bits per heavy atom. The summed E-state index contributed by atoms with van der Waals surface area (Å²) in [6, 6.07) is 16.9. The van der Waals surface area contributed by atoms with Crippen LogP contribution >= 0.6 is 0 Å². The van der Waals surface area contributed by atoms with Gasteiger partial charge in [0.05, 0.1) is 25.6 Å². The number of anilines is 1. The number of rotatable bonds is 8. The summed E-state index contributed by atoms with van der Waals surface area (Å²) in [7, 11) is 3.23. The van der Waals surface area contributed by atoms with Crippen molar-refractivity contribution in [2.45, 2.75) is 0 Å². The van der Waals surface area contributed by atoms with Crippen LogP contribution in [0.3, 0.4) is 0 Å². The lowest BCUT2D eigenvalue weighted by atomic mass is 10.1. The smallest absolute Gasteiger partial charge is 0.180 e. The number of nitrogens with two attached hydrogens (primary N) is 1. The lowest BCUT2D eigenvalue weighted by Gasteiger charge is -2.09. The molecule has 4 rings (SSSR count). The largest absolute Gasteiger partial charge is 0.497 e. The SMILES string of the molecule is COc1ccc(OCCOc2cccn3cc(-c4ccc(OC)c(N)c4)nc23)cc1. The van der Waals surface area contributed by atoms with E-state index in [1.54, 1.807) is 14.2 Å². The van der Waals surface area contributed by atoms with E-state index in [0.717, 1.165) is 28.4 Å². The Hall–Kier alpha value is -3.87. The van der Waals surface area contributed by atoms with Gasteiger partial charge in [-0.05, 0) is 54.6 Å². The van der Waals surface area contributed by atoms with Crippen LogP contribution in [0.4, 0.5) is 5.69 Å². The third-order valence-electron chi connectivity index (χ3n) is 4.64. The molecule has 0 aliphatic carbocycles. The van der Waals surface area contributed by atoms with Crippen molar-refractivity contribution in [3.8, 4) is 34.3 Å². The second-order valence-corrected chi connectivity index (χ2v) is 6.56. The van der Waals surface area contributed by atoms with E-state index in [0.29, 0.717) is 30.4 Å². The zero-order chi connectivity index (χ0) is 20.9. The van der Waals surface area contributed by atoms with Gasteiger partial charge in [-0.25, -0.2) is 4.98 Å². The second-order valence-electron chi connectivity index (χ2n) is 6.56. The van der Waals surface area contributed by atoms with Gasteiger partial charge in [-0.15, -0.1) is 0 Å². The molecule has 0 saturated heterocycles. The number of nitrogen functional groups attached to an aromatic ring is 1. The van der Waals surface area contributed by atoms with Gasteiger partial charge in [-0.2, -0.15) is 0 Å². The fourth-order valence-corrected chi connectivity index (χ4v) is 3.12. The van der Waals surface area contributed by atoms with Gasteiger partial charge in [0, 0.05) is 18.0 Å². The summed E-state index contributed by atoms with van der Waals surface area (Å²) in [5.74, 6) is 2.88. The molecule has 0 radical (unpaired) electrons. The normalized spacial score (nSPS) is 10.7. The van der Waals surface area contributed by atoms with E-state index in [2.05, 4.69) is 0 Å². The first-order chi connectivity index (χ1) is 14.7. The fourth-order valence-electron chi connectivity index (χ4n) is 3.12. The Labute approximate surface area is 174 Å². The molecule has 0 aliphatic rings. The zero-order valence-corrected chi connectivity index (χ0v) is 16.9. The Morgan fingerprint density at radius 1 is 0.867 bits per heavy atom. The predicted octanol–water partition coefficient (Wildman–Crippen LogP) is 4.06. The van der Waals surface area contributed by atoms with Crippen LogP contribution in [0.1, 0.15) is 0 Å². The van der Waals surface area contributed by atoms with Gasteiger partial charge in [0.15, 0.2) is 11.4 Å². The Morgan fingerprint density at radius 3 is 2.37 bits per heavy atom. The average Bonchev–Trinajstić information content (AvgIpc) is 3.22. The highest BCUT2D eigenvalue weighted by Gasteiger charge is 2.11. The summed E-state index contributed by atoms with van der Waals surface area (Å²) in [6.45, 7) is 0.805. The maximum atomic E-state index is 6.03. The van der Waals surface area contributed by atoms with Crippen molar-refractivity contribution in [3.05, 3.63) is 67.0 Å². The molecule has 0 bridgehead atoms. The molecule has 0 atom stereocenters. The molecule has 7 heteroatoms. The van der Waals surface area contributed by atoms with E-state index >= 15 is 0 Å². The number of fused-ring (bicyclic) bond motifs is 1. The Kier molecular flexibility index (Phi) is 5.61. The first-order valence-electron chi connectivity index (χ1n) is 9.49. The van der Waals surface area contributed by atoms with E-state index in [1.807, 2.05) is 71.4 Å². The van der Waals surface area contributed by atoms with Crippen molar-refractivity contribution < 1.29 is 18.9 Å². The van der Waals surface area contributed by atoms with Crippen LogP contribution in [0.25, 0.3) is 16.9 Å². The molecule has 2 heterocycles. The number of ether oxygens (including phenoxy) is 4. The monoisotopic (exact) mass is 405 g/mol. The molecule has 0 fully saturated rings. The predicted molar refractivity (Wildman–Crippen MR) is 116 cm³/mol. The fraction of sp³-hybridized carbons (Fsp3) is 0.174. The number of benzene rings is 2. The molecule has 2 aromatic heterocycles. The summed E-state index contributed by atoms with van der Waals surface area (Å²) in [5, 5.41) is 0. The lowest BCUT2D eigenvalue weighted by Crippen LogP contribution is -2.09. The van der Waals surface area contributed by atoms with Crippen LogP contribution in [0.5, 0.6) is 23.0 Å². The number of hydrogen-bond acceptors (Lipinski definition) is 6. The van der Waals surface area contributed by atoms with Crippen molar-refractivity contribution in [1.82, 2.24) is 9.38 Å². The molecule has 7 nitrogen and oxygen atoms in total. The van der Waals surface area contributed by atoms with Crippen LogP contribution in [0.15, 0.2) is 67.0 Å². The maximum Gasteiger partial charge on any atom is 0.180 e. The van der Waals surface area contributed by atoms with Crippen LogP contribution < -0.4 is 24.7 Å². The summed E-state index contributed by atoms with van der Waals surface area (Å²) >= 11 is 0. The zero-order valence-electron chi connectivity index (χ0n) is 16.9. The summed E-state index contributed by atoms with van der Waals surface area (Å²) in [5.41, 5.74) is 9.04. The van der Waals surface area contributed by atoms with Crippen molar-refractivity contribution in [3.63, 3.8) is 0 Å². The van der Waals surface area contributed by atoms with E-state index in [4.69, 9.17) is 29.7 Å². The number of pyridine rings is 1. The lowest BCUT2D eigenvalue weighted by molar-refractivity contribution is 0.218. The van der Waals surface area contributed by atoms with Crippen LogP contribution in [0, 0.1) is 0 Å². The summed E-state index contributed by atoms with van der Waals surface area (Å²) in [4.78, 5) is 4.72. The van der Waals surface area contributed by atoms with Gasteiger partial charge >= 0.3 is 0 Å². The molecule has 0 spiro atoms.